The molecule has 0 aliphatic heterocycles. The molecule has 0 aromatic heterocycles. The number of aliphatic hydroxyl groups excluding tert-OH is 8. The smallest absolute Gasteiger partial charge is 0.248 e. The molecule has 0 heterocycles. The second-order valence-corrected chi connectivity index (χ2v) is 18.4. The summed E-state index contributed by atoms with van der Waals surface area (Å²) >= 11 is 0. The molecule has 0 unspecified atom stereocenters. The van der Waals surface area contributed by atoms with E-state index in [9.17, 15) is 28.8 Å². The number of aliphatic hydroxyl groups is 10. The summed E-state index contributed by atoms with van der Waals surface area (Å²) in [6, 6.07) is 0. The average Bonchev–Trinajstić information content (AvgIpc) is 3.32. The van der Waals surface area contributed by atoms with Gasteiger partial charge in [-0.2, -0.15) is 0 Å². The fraction of sp³-hybridized carbons (Fsp3) is 0.895. The molecule has 0 saturated carbocycles. The van der Waals surface area contributed by atoms with Crippen molar-refractivity contribution >= 4 is 35.2 Å². The lowest BCUT2D eigenvalue weighted by molar-refractivity contribution is -0.132. The van der Waals surface area contributed by atoms with Gasteiger partial charge in [0.1, 0.15) is 35.6 Å². The lowest BCUT2D eigenvalue weighted by Crippen LogP contribution is -2.37. The molecule has 8 atom stereocenters. The third-order valence-electron chi connectivity index (χ3n) is 7.17. The molecule has 0 spiro atoms. The van der Waals surface area contributed by atoms with Crippen LogP contribution < -0.4 is 21.3 Å². The Morgan fingerprint density at radius 2 is 0.416 bits per heavy atom. The highest BCUT2D eigenvalue weighted by molar-refractivity contribution is 5.84. The van der Waals surface area contributed by atoms with E-state index in [-0.39, 0.29) is 45.2 Å². The van der Waals surface area contributed by atoms with Gasteiger partial charge >= 0.3 is 0 Å². The van der Waals surface area contributed by atoms with Crippen molar-refractivity contribution in [2.45, 2.75) is 312 Å². The van der Waals surface area contributed by atoms with Crippen molar-refractivity contribution < 1.29 is 79.8 Å². The van der Waals surface area contributed by atoms with Crippen LogP contribution in [0.1, 0.15) is 252 Å². The summed E-state index contributed by atoms with van der Waals surface area (Å²) in [4.78, 5) is 63.2. The maximum atomic E-state index is 10.7. The van der Waals surface area contributed by atoms with E-state index < -0.39 is 83.7 Å². The van der Waals surface area contributed by atoms with E-state index in [4.69, 9.17) is 51.1 Å². The molecular formula is C57H132N4O16. The molecule has 0 saturated heterocycles. The molecule has 4 amide bonds. The summed E-state index contributed by atoms with van der Waals surface area (Å²) in [6.07, 6.45) is 3.82. The van der Waals surface area contributed by atoms with Crippen LogP contribution in [0.15, 0.2) is 0 Å². The minimum atomic E-state index is -1.14. The van der Waals surface area contributed by atoms with E-state index in [0.717, 1.165) is 0 Å². The zero-order valence-electron chi connectivity index (χ0n) is 53.4. The Balaban J connectivity index is -0.0000000547. The van der Waals surface area contributed by atoms with Gasteiger partial charge in [0.15, 0.2) is 11.6 Å². The van der Waals surface area contributed by atoms with Crippen molar-refractivity contribution in [3.05, 3.63) is 0 Å². The molecule has 0 radical (unpaired) electrons. The highest BCUT2D eigenvalue weighted by atomic mass is 16.3. The van der Waals surface area contributed by atoms with Gasteiger partial charge in [-0.1, -0.05) is 157 Å². The van der Waals surface area contributed by atoms with Crippen LogP contribution in [0.5, 0.6) is 0 Å². The van der Waals surface area contributed by atoms with Crippen molar-refractivity contribution in [3.8, 4) is 0 Å². The first kappa shape index (κ1) is 106. The predicted octanol–water partition coefficient (Wildman–Crippen LogP) is 6.84. The first-order chi connectivity index (χ1) is 34.7. The van der Waals surface area contributed by atoms with Crippen LogP contribution in [0.25, 0.3) is 0 Å². The van der Waals surface area contributed by atoms with E-state index in [0.29, 0.717) is 25.7 Å². The highest BCUT2D eigenvalue weighted by Crippen LogP contribution is 2.00. The van der Waals surface area contributed by atoms with Gasteiger partial charge < -0.3 is 72.3 Å². The lowest BCUT2D eigenvalue weighted by atomic mass is 10.1. The second kappa shape index (κ2) is 79.3. The average molecular weight is 1130 g/mol. The molecular weight excluding hydrogens is 997 g/mol. The molecule has 0 aliphatic carbocycles. The fourth-order valence-electron chi connectivity index (χ4n) is 2.04. The Morgan fingerprint density at radius 3 is 0.468 bits per heavy atom. The summed E-state index contributed by atoms with van der Waals surface area (Å²) in [5.41, 5.74) is -2.28. The van der Waals surface area contributed by atoms with Crippen LogP contribution in [-0.4, -0.2) is 172 Å². The third-order valence-corrected chi connectivity index (χ3v) is 7.17. The van der Waals surface area contributed by atoms with Crippen LogP contribution in [0, 0.1) is 0 Å². The Kier molecular flexibility index (Phi) is 109. The zero-order valence-corrected chi connectivity index (χ0v) is 53.4. The quantitative estimate of drug-likeness (QED) is 0.0667. The Bertz CT molecular complexity index is 1040. The van der Waals surface area contributed by atoms with Crippen molar-refractivity contribution in [1.29, 1.82) is 0 Å². The second-order valence-electron chi connectivity index (χ2n) is 18.4. The molecule has 0 aromatic rings. The molecule has 0 bridgehead atoms. The third kappa shape index (κ3) is 131. The SMILES string of the molecule is C.CC(=O)C(C)(C)O.CC(=O)C(C)(C)O.CCC.CCC.CCC.CCC.CCC.CCC.CC[C@@H](O)CNC(=O)[C@@H](C)O.CC[C@@H](O)CNC(=O)[C@H](C)O.CC[C@H](O)CNC(=O)[C@@H](C)O.CC[C@H](O)CNC(=O)[C@H](C)O. The van der Waals surface area contributed by atoms with E-state index in [1.165, 1.54) is 108 Å². The van der Waals surface area contributed by atoms with Crippen molar-refractivity contribution in [2.75, 3.05) is 26.2 Å². The van der Waals surface area contributed by atoms with Crippen LogP contribution >= 0.6 is 0 Å². The molecule has 0 rings (SSSR count). The van der Waals surface area contributed by atoms with Gasteiger partial charge in [0, 0.05) is 26.2 Å². The molecule has 476 valence electrons. The standard InChI is InChI=1S/4C7H15NO3.2C5H10O2.6C3H8.CH4/c4*1-3-6(10)4-8-7(11)5(2)9;2*1-4(6)5(2,3)7;6*1-3-2;/h4*5-6,9-10H,3-4H2,1-2H3,(H,8,11);2*7H,1-3H3;6*3H2,1-2H3;1H4/t2*5-,6+;2*5-,6-;;;;;;;;;/m1010........./s1. The van der Waals surface area contributed by atoms with E-state index in [2.05, 4.69) is 104 Å². The Labute approximate surface area is 472 Å². The topological polar surface area (TPSA) is 353 Å². The van der Waals surface area contributed by atoms with Gasteiger partial charge in [-0.05, 0) is 94.9 Å². The summed E-state index contributed by atoms with van der Waals surface area (Å²) in [6.45, 7) is 47.7. The predicted molar refractivity (Wildman–Crippen MR) is 320 cm³/mol. The van der Waals surface area contributed by atoms with Crippen LogP contribution in [0.2, 0.25) is 0 Å². The van der Waals surface area contributed by atoms with Crippen LogP contribution in [0.4, 0.5) is 0 Å². The molecule has 0 fully saturated rings. The van der Waals surface area contributed by atoms with Gasteiger partial charge in [-0.3, -0.25) is 28.8 Å². The molecule has 20 nitrogen and oxygen atoms in total. The fourth-order valence-corrected chi connectivity index (χ4v) is 2.04. The minimum Gasteiger partial charge on any atom is -0.391 e. The molecule has 20 heteroatoms. The summed E-state index contributed by atoms with van der Waals surface area (Å²) < 4.78 is 0. The number of carbonyl (C=O) groups is 6. The Morgan fingerprint density at radius 1 is 0.325 bits per heavy atom. The summed E-state index contributed by atoms with van der Waals surface area (Å²) in [5.74, 6) is -2.19. The number of Topliss-reactive ketones (excluding diaryl/α,β-unsaturated/α-hetero) is 2. The zero-order chi connectivity index (χ0) is 63.8. The number of hydrogen-bond donors (Lipinski definition) is 14. The number of nitrogens with one attached hydrogen (secondary N) is 4. The Hall–Kier alpha value is -3.18. The molecule has 0 aliphatic rings. The van der Waals surface area contributed by atoms with Crippen molar-refractivity contribution in [2.24, 2.45) is 0 Å². The van der Waals surface area contributed by atoms with Gasteiger partial charge in [-0.15, -0.1) is 0 Å². The van der Waals surface area contributed by atoms with Gasteiger partial charge in [0.2, 0.25) is 23.6 Å². The van der Waals surface area contributed by atoms with Crippen LogP contribution in [-0.2, 0) is 28.8 Å². The van der Waals surface area contributed by atoms with E-state index >= 15 is 0 Å². The van der Waals surface area contributed by atoms with Crippen LogP contribution in [0.3, 0.4) is 0 Å². The molecule has 0 aromatic carbocycles. The minimum absolute atomic E-state index is 0. The van der Waals surface area contributed by atoms with Gasteiger partial charge in [0.25, 0.3) is 0 Å². The van der Waals surface area contributed by atoms with E-state index in [1.807, 2.05) is 27.7 Å². The maximum absolute atomic E-state index is 10.7. The summed E-state index contributed by atoms with van der Waals surface area (Å²) in [5, 5.41) is 97.9. The lowest BCUT2D eigenvalue weighted by Gasteiger charge is -2.10. The monoisotopic (exact) mass is 1130 g/mol. The highest BCUT2D eigenvalue weighted by Gasteiger charge is 2.18. The number of amides is 4. The number of rotatable bonds is 18. The van der Waals surface area contributed by atoms with E-state index in [1.54, 1.807) is 0 Å². The number of ketones is 2. The first-order valence-electron chi connectivity index (χ1n) is 27.7. The van der Waals surface area contributed by atoms with Gasteiger partial charge in [0.05, 0.1) is 24.4 Å². The largest absolute Gasteiger partial charge is 0.391 e. The maximum Gasteiger partial charge on any atom is 0.248 e. The van der Waals surface area contributed by atoms with Crippen molar-refractivity contribution in [1.82, 2.24) is 21.3 Å². The number of carbonyl (C=O) groups excluding carboxylic acids is 6. The molecule has 77 heavy (non-hydrogen) atoms. The van der Waals surface area contributed by atoms with Crippen molar-refractivity contribution in [3.63, 3.8) is 0 Å². The normalized spacial score (nSPS) is 12.4. The summed E-state index contributed by atoms with van der Waals surface area (Å²) in [7, 11) is 0. The number of hydrogen-bond acceptors (Lipinski definition) is 16. The van der Waals surface area contributed by atoms with Gasteiger partial charge in [-0.25, -0.2) is 0 Å². The molecule has 14 N–H and O–H groups in total. The first-order valence-corrected chi connectivity index (χ1v) is 27.7.